The predicted octanol–water partition coefficient (Wildman–Crippen LogP) is 4.04. The van der Waals surface area contributed by atoms with Gasteiger partial charge in [-0.05, 0) is 35.4 Å². The summed E-state index contributed by atoms with van der Waals surface area (Å²) in [7, 11) is 1.27. The molecule has 0 spiro atoms. The molecular weight excluding hydrogens is 285 g/mol. The van der Waals surface area contributed by atoms with Gasteiger partial charge in [0.25, 0.3) is 0 Å². The Morgan fingerprint density at radius 3 is 2.24 bits per heavy atom. The van der Waals surface area contributed by atoms with Gasteiger partial charge in [0.15, 0.2) is 0 Å². The van der Waals surface area contributed by atoms with Crippen LogP contribution in [-0.4, -0.2) is 19.4 Å². The van der Waals surface area contributed by atoms with Gasteiger partial charge < -0.3 is 9.47 Å². The highest BCUT2D eigenvalue weighted by Crippen LogP contribution is 2.28. The molecule has 0 amide bonds. The summed E-state index contributed by atoms with van der Waals surface area (Å²) in [5.74, 6) is -0.771. The lowest BCUT2D eigenvalue weighted by Crippen LogP contribution is -2.17. The van der Waals surface area contributed by atoms with Crippen molar-refractivity contribution in [3.63, 3.8) is 0 Å². The van der Waals surface area contributed by atoms with Crippen LogP contribution in [0.15, 0.2) is 48.5 Å². The Bertz CT molecular complexity index is 633. The van der Waals surface area contributed by atoms with E-state index in [-0.39, 0.29) is 5.75 Å². The molecule has 2 rings (SSSR count). The van der Waals surface area contributed by atoms with Gasteiger partial charge in [0.05, 0.1) is 12.7 Å². The fourth-order valence-electron chi connectivity index (χ4n) is 1.79. The second-order valence-corrected chi connectivity index (χ2v) is 4.14. The molecule has 2 aromatic rings. The Labute approximate surface area is 118 Å². The van der Waals surface area contributed by atoms with Crippen LogP contribution < -0.4 is 4.74 Å². The standard InChI is InChI=1S/C15H11F3O3/c1-20-14(19)11-7-5-10(6-8-11)12-3-2-4-13(9-12)21-15(16,17)18/h2-9H,1H3. The molecule has 0 bridgehead atoms. The lowest BCUT2D eigenvalue weighted by atomic mass is 10.0. The number of methoxy groups -OCH3 is 1. The van der Waals surface area contributed by atoms with Crippen LogP contribution >= 0.6 is 0 Å². The molecule has 0 N–H and O–H groups in total. The Balaban J connectivity index is 2.26. The molecule has 0 atom stereocenters. The van der Waals surface area contributed by atoms with Crippen LogP contribution in [0.2, 0.25) is 0 Å². The largest absolute Gasteiger partial charge is 0.573 e. The first kappa shape index (κ1) is 14.9. The summed E-state index contributed by atoms with van der Waals surface area (Å²) < 4.78 is 45.0. The molecule has 0 heterocycles. The SMILES string of the molecule is COC(=O)c1ccc(-c2cccc(OC(F)(F)F)c2)cc1. The zero-order valence-electron chi connectivity index (χ0n) is 11.0. The second-order valence-electron chi connectivity index (χ2n) is 4.14. The first-order valence-electron chi connectivity index (χ1n) is 5.93. The van der Waals surface area contributed by atoms with Crippen molar-refractivity contribution in [3.05, 3.63) is 54.1 Å². The third-order valence-corrected chi connectivity index (χ3v) is 2.71. The van der Waals surface area contributed by atoms with E-state index in [1.807, 2.05) is 0 Å². The second kappa shape index (κ2) is 5.87. The Kier molecular flexibility index (Phi) is 4.16. The number of hydrogen-bond donors (Lipinski definition) is 0. The number of alkyl halides is 3. The maximum absolute atomic E-state index is 12.2. The van der Waals surface area contributed by atoms with E-state index in [1.54, 1.807) is 30.3 Å². The Morgan fingerprint density at radius 1 is 1.00 bits per heavy atom. The van der Waals surface area contributed by atoms with E-state index in [4.69, 9.17) is 0 Å². The van der Waals surface area contributed by atoms with Crippen LogP contribution in [0.4, 0.5) is 13.2 Å². The number of rotatable bonds is 3. The fraction of sp³-hybridized carbons (Fsp3) is 0.133. The first-order chi connectivity index (χ1) is 9.89. The first-order valence-corrected chi connectivity index (χ1v) is 5.93. The van der Waals surface area contributed by atoms with E-state index in [1.165, 1.54) is 25.3 Å². The number of hydrogen-bond acceptors (Lipinski definition) is 3. The Hall–Kier alpha value is -2.50. The van der Waals surface area contributed by atoms with Crippen LogP contribution in [0.5, 0.6) is 5.75 Å². The molecule has 21 heavy (non-hydrogen) atoms. The topological polar surface area (TPSA) is 35.5 Å². The number of ether oxygens (including phenoxy) is 2. The van der Waals surface area contributed by atoms with Crippen molar-refractivity contribution < 1.29 is 27.4 Å². The minimum Gasteiger partial charge on any atom is -0.465 e. The summed E-state index contributed by atoms with van der Waals surface area (Å²) in [6.07, 6.45) is -4.73. The third kappa shape index (κ3) is 3.98. The number of benzene rings is 2. The summed E-state index contributed by atoms with van der Waals surface area (Å²) in [6.45, 7) is 0. The van der Waals surface area contributed by atoms with Gasteiger partial charge >= 0.3 is 12.3 Å². The van der Waals surface area contributed by atoms with Crippen LogP contribution in [0, 0.1) is 0 Å². The highest BCUT2D eigenvalue weighted by Gasteiger charge is 2.31. The molecule has 3 nitrogen and oxygen atoms in total. The van der Waals surface area contributed by atoms with E-state index in [9.17, 15) is 18.0 Å². The molecule has 0 aliphatic rings. The lowest BCUT2D eigenvalue weighted by Gasteiger charge is -2.10. The van der Waals surface area contributed by atoms with Crippen molar-refractivity contribution >= 4 is 5.97 Å². The molecule has 6 heteroatoms. The van der Waals surface area contributed by atoms with Crippen LogP contribution in [0.1, 0.15) is 10.4 Å². The molecule has 0 aromatic heterocycles. The van der Waals surface area contributed by atoms with Crippen molar-refractivity contribution in [1.29, 1.82) is 0 Å². The molecule has 2 aromatic carbocycles. The highest BCUT2D eigenvalue weighted by atomic mass is 19.4. The van der Waals surface area contributed by atoms with Gasteiger partial charge in [-0.25, -0.2) is 4.79 Å². The van der Waals surface area contributed by atoms with E-state index < -0.39 is 12.3 Å². The van der Waals surface area contributed by atoms with Gasteiger partial charge in [0.1, 0.15) is 5.75 Å². The van der Waals surface area contributed by atoms with E-state index >= 15 is 0 Å². The van der Waals surface area contributed by atoms with Gasteiger partial charge in [0.2, 0.25) is 0 Å². The van der Waals surface area contributed by atoms with Crippen molar-refractivity contribution in [1.82, 2.24) is 0 Å². The summed E-state index contributed by atoms with van der Waals surface area (Å²) in [6, 6.07) is 11.9. The Morgan fingerprint density at radius 2 is 1.67 bits per heavy atom. The molecular formula is C15H11F3O3. The van der Waals surface area contributed by atoms with E-state index in [2.05, 4.69) is 9.47 Å². The van der Waals surface area contributed by atoms with E-state index in [0.717, 1.165) is 0 Å². The normalized spacial score (nSPS) is 11.0. The van der Waals surface area contributed by atoms with Gasteiger partial charge in [-0.1, -0.05) is 24.3 Å². The minimum atomic E-state index is -4.73. The van der Waals surface area contributed by atoms with Crippen molar-refractivity contribution in [2.24, 2.45) is 0 Å². The van der Waals surface area contributed by atoms with Crippen molar-refractivity contribution in [3.8, 4) is 16.9 Å². The zero-order chi connectivity index (χ0) is 15.5. The van der Waals surface area contributed by atoms with Gasteiger partial charge in [0, 0.05) is 0 Å². The predicted molar refractivity (Wildman–Crippen MR) is 69.9 cm³/mol. The number of halogens is 3. The molecule has 0 aliphatic carbocycles. The monoisotopic (exact) mass is 296 g/mol. The summed E-state index contributed by atoms with van der Waals surface area (Å²) >= 11 is 0. The molecule has 0 fully saturated rings. The third-order valence-electron chi connectivity index (χ3n) is 2.71. The summed E-state index contributed by atoms with van der Waals surface area (Å²) in [4.78, 5) is 11.3. The molecule has 110 valence electrons. The van der Waals surface area contributed by atoms with Crippen molar-refractivity contribution in [2.45, 2.75) is 6.36 Å². The van der Waals surface area contributed by atoms with Gasteiger partial charge in [-0.2, -0.15) is 0 Å². The molecule has 0 radical (unpaired) electrons. The highest BCUT2D eigenvalue weighted by molar-refractivity contribution is 5.90. The molecule has 0 unspecified atom stereocenters. The summed E-state index contributed by atoms with van der Waals surface area (Å²) in [5, 5.41) is 0. The average molecular weight is 296 g/mol. The zero-order valence-corrected chi connectivity index (χ0v) is 11.0. The molecule has 0 saturated carbocycles. The molecule has 0 aliphatic heterocycles. The number of esters is 1. The minimum absolute atomic E-state index is 0.294. The average Bonchev–Trinajstić information content (AvgIpc) is 2.45. The van der Waals surface area contributed by atoms with Crippen LogP contribution in [0.3, 0.4) is 0 Å². The smallest absolute Gasteiger partial charge is 0.465 e. The number of carbonyl (C=O) groups excluding carboxylic acids is 1. The maximum atomic E-state index is 12.2. The van der Waals surface area contributed by atoms with Crippen LogP contribution in [-0.2, 0) is 4.74 Å². The van der Waals surface area contributed by atoms with Crippen LogP contribution in [0.25, 0.3) is 11.1 Å². The number of carbonyl (C=O) groups is 1. The quantitative estimate of drug-likeness (QED) is 0.802. The summed E-state index contributed by atoms with van der Waals surface area (Å²) in [5.41, 5.74) is 1.58. The van der Waals surface area contributed by atoms with E-state index in [0.29, 0.717) is 16.7 Å². The lowest BCUT2D eigenvalue weighted by molar-refractivity contribution is -0.274. The van der Waals surface area contributed by atoms with Crippen molar-refractivity contribution in [2.75, 3.05) is 7.11 Å². The molecule has 0 saturated heterocycles. The van der Waals surface area contributed by atoms with Gasteiger partial charge in [-0.3, -0.25) is 0 Å². The van der Waals surface area contributed by atoms with Gasteiger partial charge in [-0.15, -0.1) is 13.2 Å². The fourth-order valence-corrected chi connectivity index (χ4v) is 1.79. The maximum Gasteiger partial charge on any atom is 0.573 e.